The van der Waals surface area contributed by atoms with Gasteiger partial charge in [0.05, 0.1) is 17.5 Å². The number of aromatic hydroxyl groups is 1. The van der Waals surface area contributed by atoms with E-state index in [2.05, 4.69) is 0 Å². The lowest BCUT2D eigenvalue weighted by molar-refractivity contribution is -0.181. The summed E-state index contributed by atoms with van der Waals surface area (Å²) in [6.45, 7) is 0.560. The summed E-state index contributed by atoms with van der Waals surface area (Å²) < 4.78 is 29.3. The average molecular weight is 534 g/mol. The zero-order chi connectivity index (χ0) is 27.8. The van der Waals surface area contributed by atoms with Gasteiger partial charge in [0.1, 0.15) is 17.7 Å². The van der Waals surface area contributed by atoms with Gasteiger partial charge in [-0.3, -0.25) is 33.8 Å². The quantitative estimate of drug-likeness (QED) is 0.436. The molecule has 1 heterocycles. The van der Waals surface area contributed by atoms with E-state index >= 15 is 4.39 Å². The van der Waals surface area contributed by atoms with Crippen LogP contribution in [0.2, 0.25) is 0 Å². The van der Waals surface area contributed by atoms with Crippen molar-refractivity contribution in [1.82, 2.24) is 9.80 Å². The number of amides is 1. The van der Waals surface area contributed by atoms with Gasteiger partial charge in [0, 0.05) is 36.7 Å². The number of alkyl halides is 1. The fourth-order valence-corrected chi connectivity index (χ4v) is 6.99. The van der Waals surface area contributed by atoms with Crippen LogP contribution in [0.25, 0.3) is 0 Å². The summed E-state index contributed by atoms with van der Waals surface area (Å²) in [5.41, 5.74) is 2.05. The third-order valence-electron chi connectivity index (χ3n) is 8.68. The van der Waals surface area contributed by atoms with Crippen molar-refractivity contribution in [3.63, 3.8) is 0 Å². The number of Topliss-reactive ketones (excluding diaryl/α,β-unsaturated/α-hetero) is 4. The highest BCUT2D eigenvalue weighted by Gasteiger charge is 2.69. The van der Waals surface area contributed by atoms with Crippen molar-refractivity contribution in [2.45, 2.75) is 43.6 Å². The van der Waals surface area contributed by atoms with E-state index < -0.39 is 87.7 Å². The van der Waals surface area contributed by atoms with Crippen molar-refractivity contribution < 1.29 is 43.0 Å². The number of ketones is 4. The van der Waals surface area contributed by atoms with Crippen molar-refractivity contribution >= 4 is 29.0 Å². The Kier molecular flexibility index (Phi) is 6.27. The lowest BCUT2D eigenvalue weighted by Crippen LogP contribution is -2.74. The molecule has 38 heavy (non-hydrogen) atoms. The SMILES string of the molecule is CN(C)[C@@H]1C(=O)C(C(N)=O)C(=O)[C@@]2(O)C(=O)C3C(=O)c4c(O)cc(CN5CC[C@@H](F)C5)c(F)c4C[C@H]3C[C@@H]12. The molecule has 3 aliphatic carbocycles. The van der Waals surface area contributed by atoms with E-state index in [0.717, 1.165) is 6.07 Å². The first-order valence-electron chi connectivity index (χ1n) is 12.5. The van der Waals surface area contributed by atoms with Gasteiger partial charge in [-0.1, -0.05) is 0 Å². The predicted octanol–water partition coefficient (Wildman–Crippen LogP) is -0.450. The Labute approximate surface area is 216 Å². The van der Waals surface area contributed by atoms with Gasteiger partial charge in [0.25, 0.3) is 0 Å². The smallest absolute Gasteiger partial charge is 0.235 e. The molecule has 7 atom stereocenters. The maximum absolute atomic E-state index is 15.7. The van der Waals surface area contributed by atoms with Crippen molar-refractivity contribution in [1.29, 1.82) is 0 Å². The maximum Gasteiger partial charge on any atom is 0.235 e. The number of fused-ring (bicyclic) bond motifs is 3. The first-order chi connectivity index (χ1) is 17.8. The van der Waals surface area contributed by atoms with Gasteiger partial charge >= 0.3 is 0 Å². The van der Waals surface area contributed by atoms with Crippen LogP contribution in [-0.2, 0) is 32.1 Å². The molecule has 1 aromatic carbocycles. The highest BCUT2D eigenvalue weighted by molar-refractivity contribution is 6.32. The zero-order valence-electron chi connectivity index (χ0n) is 20.9. The van der Waals surface area contributed by atoms with E-state index in [9.17, 15) is 38.6 Å². The first kappa shape index (κ1) is 26.5. The number of benzene rings is 1. The summed E-state index contributed by atoms with van der Waals surface area (Å²) in [5.74, 6) is -12.7. The predicted molar refractivity (Wildman–Crippen MR) is 126 cm³/mol. The molecule has 0 radical (unpaired) electrons. The first-order valence-corrected chi connectivity index (χ1v) is 12.5. The second-order valence-electron chi connectivity index (χ2n) is 11.1. The van der Waals surface area contributed by atoms with Gasteiger partial charge in [0.2, 0.25) is 5.91 Å². The molecule has 10 nitrogen and oxygen atoms in total. The Morgan fingerprint density at radius 3 is 2.50 bits per heavy atom. The number of nitrogens with two attached hydrogens (primary N) is 1. The normalized spacial score (nSPS) is 35.3. The number of aliphatic hydroxyl groups is 1. The minimum atomic E-state index is -2.83. The van der Waals surface area contributed by atoms with Crippen LogP contribution in [0.5, 0.6) is 5.75 Å². The van der Waals surface area contributed by atoms with Crippen LogP contribution in [0, 0.1) is 29.5 Å². The summed E-state index contributed by atoms with van der Waals surface area (Å²) in [4.78, 5) is 68.7. The number of likely N-dealkylation sites (N-methyl/N-ethyl adjacent to an activating group) is 1. The number of primary amides is 1. The van der Waals surface area contributed by atoms with Crippen molar-refractivity contribution in [2.75, 3.05) is 27.2 Å². The number of rotatable bonds is 4. The Morgan fingerprint density at radius 2 is 1.92 bits per heavy atom. The molecule has 0 aromatic heterocycles. The van der Waals surface area contributed by atoms with E-state index in [1.165, 1.54) is 19.0 Å². The molecule has 1 amide bonds. The Bertz CT molecular complexity index is 1280. The molecule has 0 bridgehead atoms. The van der Waals surface area contributed by atoms with E-state index in [0.29, 0.717) is 13.0 Å². The molecular formula is C26H29F2N3O7. The molecule has 4 N–H and O–H groups in total. The third kappa shape index (κ3) is 3.64. The molecule has 0 spiro atoms. The Balaban J connectivity index is 1.57. The number of hydrogen-bond donors (Lipinski definition) is 3. The molecule has 12 heteroatoms. The molecule has 2 saturated carbocycles. The van der Waals surface area contributed by atoms with Crippen molar-refractivity contribution in [3.05, 3.63) is 28.6 Å². The molecule has 1 saturated heterocycles. The molecule has 2 unspecified atom stereocenters. The Morgan fingerprint density at radius 1 is 1.24 bits per heavy atom. The monoisotopic (exact) mass is 533 g/mol. The van der Waals surface area contributed by atoms with Crippen LogP contribution >= 0.6 is 0 Å². The molecule has 4 aliphatic rings. The summed E-state index contributed by atoms with van der Waals surface area (Å²) in [6, 6.07) is -0.150. The van der Waals surface area contributed by atoms with Crippen LogP contribution in [0.15, 0.2) is 6.07 Å². The summed E-state index contributed by atoms with van der Waals surface area (Å²) in [6.07, 6.45) is -1.04. The topological polar surface area (TPSA) is 158 Å². The summed E-state index contributed by atoms with van der Waals surface area (Å²) in [7, 11) is 2.97. The van der Waals surface area contributed by atoms with E-state index in [4.69, 9.17) is 5.73 Å². The molecule has 3 fully saturated rings. The number of carbonyl (C=O) groups excluding carboxylic acids is 5. The largest absolute Gasteiger partial charge is 0.507 e. The Hall–Kier alpha value is -3.09. The van der Waals surface area contributed by atoms with Crippen LogP contribution in [0.3, 0.4) is 0 Å². The lowest BCUT2D eigenvalue weighted by Gasteiger charge is -2.52. The summed E-state index contributed by atoms with van der Waals surface area (Å²) >= 11 is 0. The van der Waals surface area contributed by atoms with Gasteiger partial charge < -0.3 is 15.9 Å². The second kappa shape index (κ2) is 8.99. The van der Waals surface area contributed by atoms with Crippen molar-refractivity contribution in [2.24, 2.45) is 29.4 Å². The number of phenolic OH excluding ortho intramolecular Hbond substituents is 1. The van der Waals surface area contributed by atoms with Gasteiger partial charge in [-0.05, 0) is 45.3 Å². The second-order valence-corrected chi connectivity index (χ2v) is 11.1. The fraction of sp³-hybridized carbons (Fsp3) is 0.577. The fourth-order valence-electron chi connectivity index (χ4n) is 6.99. The van der Waals surface area contributed by atoms with E-state index in [1.807, 2.05) is 0 Å². The third-order valence-corrected chi connectivity index (χ3v) is 8.68. The number of halogens is 2. The maximum atomic E-state index is 15.7. The molecular weight excluding hydrogens is 504 g/mol. The average Bonchev–Trinajstić information content (AvgIpc) is 3.23. The van der Waals surface area contributed by atoms with Crippen LogP contribution in [0.1, 0.15) is 34.3 Å². The number of phenols is 1. The van der Waals surface area contributed by atoms with Crippen LogP contribution < -0.4 is 5.73 Å². The van der Waals surface area contributed by atoms with Crippen LogP contribution in [0.4, 0.5) is 8.78 Å². The number of nitrogens with zero attached hydrogens (tertiary/aromatic N) is 2. The highest BCUT2D eigenvalue weighted by Crippen LogP contribution is 2.51. The molecule has 1 aromatic rings. The standard InChI is InChI=1S/C26H29F2N3O7/c1-30(2)20-14-6-10-5-13-17(15(32)7-11(19(13)28)8-31-4-3-12(27)9-31)21(33)16(10)23(35)26(14,38)24(36)18(22(20)34)25(29)37/h7,10,12,14,16,18,20,32,38H,3-6,8-9H2,1-2H3,(H2,29,37)/t10-,12+,14-,16?,18?,20-,26-/m0/s1. The lowest BCUT2D eigenvalue weighted by atomic mass is 9.52. The van der Waals surface area contributed by atoms with Gasteiger partial charge in [-0.2, -0.15) is 0 Å². The molecule has 204 valence electrons. The minimum Gasteiger partial charge on any atom is -0.507 e. The van der Waals surface area contributed by atoms with Gasteiger partial charge in [-0.15, -0.1) is 0 Å². The van der Waals surface area contributed by atoms with Crippen LogP contribution in [-0.4, -0.2) is 94.1 Å². The molecule has 1 aliphatic heterocycles. The van der Waals surface area contributed by atoms with E-state index in [1.54, 1.807) is 4.90 Å². The van der Waals surface area contributed by atoms with Gasteiger partial charge in [-0.25, -0.2) is 8.78 Å². The highest BCUT2D eigenvalue weighted by atomic mass is 19.1. The zero-order valence-corrected chi connectivity index (χ0v) is 20.9. The van der Waals surface area contributed by atoms with Gasteiger partial charge in [0.15, 0.2) is 34.7 Å². The molecule has 5 rings (SSSR count). The number of hydrogen-bond acceptors (Lipinski definition) is 9. The number of likely N-dealkylation sites (tertiary alicyclic amines) is 1. The van der Waals surface area contributed by atoms with E-state index in [-0.39, 0.29) is 37.1 Å². The van der Waals surface area contributed by atoms with Crippen molar-refractivity contribution in [3.8, 4) is 5.75 Å². The minimum absolute atomic E-state index is 0.0247. The number of carbonyl (C=O) groups is 5. The summed E-state index contributed by atoms with van der Waals surface area (Å²) in [5, 5.41) is 22.2.